The predicted octanol–water partition coefficient (Wildman–Crippen LogP) is 9.04. The molecular weight excluding hydrogens is 599 g/mol. The SMILES string of the molecule is CC(O)Cn1cc[n+](C)c1.c1ccc(C([N-]C(c2ccccc2)(c2ccccc2)c2ccccc2)(c2ccccc2)c2ccccc2)cc1. The van der Waals surface area contributed by atoms with Crippen LogP contribution < -0.4 is 4.57 Å². The highest BCUT2D eigenvalue weighted by Gasteiger charge is 2.36. The van der Waals surface area contributed by atoms with Gasteiger partial charge < -0.3 is 10.4 Å². The Morgan fingerprint density at radius 1 is 0.510 bits per heavy atom. The summed E-state index contributed by atoms with van der Waals surface area (Å²) in [5.41, 5.74) is 5.12. The van der Waals surface area contributed by atoms with Gasteiger partial charge in [0.15, 0.2) is 0 Å². The molecule has 0 aliphatic carbocycles. The Hall–Kier alpha value is -5.55. The normalized spacial score (nSPS) is 12.1. The van der Waals surface area contributed by atoms with Gasteiger partial charge in [0.2, 0.25) is 6.33 Å². The molecule has 1 heterocycles. The molecule has 0 radical (unpaired) electrons. The van der Waals surface area contributed by atoms with Gasteiger partial charge in [0.25, 0.3) is 0 Å². The van der Waals surface area contributed by atoms with Crippen molar-refractivity contribution in [2.75, 3.05) is 0 Å². The number of aryl methyl sites for hydroxylation is 1. The maximum Gasteiger partial charge on any atom is 0.243 e. The standard InChI is InChI=1S/C38H30N.C7H13N2O/c1-7-19-31(20-8-1)37(32-21-9-2-10-22-32,33-23-11-3-12-24-33)39-38(34-25-13-4-14-26-34,35-27-15-5-16-28-35)36-29-17-6-18-30-36;1-7(10)5-9-4-3-8(2)6-9/h1-30H;3-4,6-7,10H,5H2,1-2H3/q-1;+1. The van der Waals surface area contributed by atoms with E-state index in [1.807, 2.05) is 34.9 Å². The molecular formula is C45H43N3O. The molecule has 0 bridgehead atoms. The third kappa shape index (κ3) is 7.31. The van der Waals surface area contributed by atoms with Crippen LogP contribution in [-0.4, -0.2) is 15.8 Å². The van der Waals surface area contributed by atoms with E-state index < -0.39 is 11.1 Å². The van der Waals surface area contributed by atoms with Crippen molar-refractivity contribution in [2.24, 2.45) is 7.05 Å². The van der Waals surface area contributed by atoms with Crippen molar-refractivity contribution >= 4 is 0 Å². The second kappa shape index (κ2) is 15.6. The van der Waals surface area contributed by atoms with E-state index in [1.54, 1.807) is 6.92 Å². The van der Waals surface area contributed by atoms with Gasteiger partial charge in [0.05, 0.1) is 13.2 Å². The molecule has 1 atom stereocenters. The lowest BCUT2D eigenvalue weighted by Crippen LogP contribution is -2.39. The predicted molar refractivity (Wildman–Crippen MR) is 199 cm³/mol. The summed E-state index contributed by atoms with van der Waals surface area (Å²) < 4.78 is 3.90. The third-order valence-electron chi connectivity index (χ3n) is 8.78. The highest BCUT2D eigenvalue weighted by atomic mass is 16.3. The molecule has 7 aromatic rings. The maximum atomic E-state index is 8.98. The number of aliphatic hydroxyl groups excluding tert-OH is 1. The number of hydrogen-bond donors (Lipinski definition) is 1. The van der Waals surface area contributed by atoms with Gasteiger partial charge in [-0.2, -0.15) is 0 Å². The van der Waals surface area contributed by atoms with Crippen molar-refractivity contribution < 1.29 is 9.67 Å². The zero-order chi connectivity index (χ0) is 33.9. The van der Waals surface area contributed by atoms with Crippen LogP contribution in [-0.2, 0) is 24.7 Å². The number of aromatic nitrogens is 2. The Labute approximate surface area is 290 Å². The molecule has 4 nitrogen and oxygen atoms in total. The van der Waals surface area contributed by atoms with Crippen LogP contribution in [0.5, 0.6) is 0 Å². The van der Waals surface area contributed by atoms with E-state index in [4.69, 9.17) is 10.4 Å². The van der Waals surface area contributed by atoms with Gasteiger partial charge >= 0.3 is 0 Å². The van der Waals surface area contributed by atoms with Crippen LogP contribution >= 0.6 is 0 Å². The topological polar surface area (TPSA) is 43.1 Å². The molecule has 49 heavy (non-hydrogen) atoms. The zero-order valence-electron chi connectivity index (χ0n) is 28.1. The van der Waals surface area contributed by atoms with E-state index in [0.717, 1.165) is 33.4 Å². The molecule has 0 saturated heterocycles. The van der Waals surface area contributed by atoms with Crippen molar-refractivity contribution in [1.82, 2.24) is 4.57 Å². The van der Waals surface area contributed by atoms with E-state index in [-0.39, 0.29) is 6.10 Å². The number of nitrogens with zero attached hydrogens (tertiary/aromatic N) is 3. The van der Waals surface area contributed by atoms with E-state index in [1.165, 1.54) is 0 Å². The van der Waals surface area contributed by atoms with Crippen molar-refractivity contribution in [3.63, 3.8) is 0 Å². The summed E-state index contributed by atoms with van der Waals surface area (Å²) in [5.74, 6) is 0. The molecule has 0 amide bonds. The molecule has 244 valence electrons. The molecule has 0 aliphatic heterocycles. The third-order valence-corrected chi connectivity index (χ3v) is 8.78. The lowest BCUT2D eigenvalue weighted by molar-refractivity contribution is -0.671. The van der Waals surface area contributed by atoms with Crippen LogP contribution in [0.4, 0.5) is 0 Å². The molecule has 0 fully saturated rings. The molecule has 0 saturated carbocycles. The summed E-state index contributed by atoms with van der Waals surface area (Å²) in [7, 11) is 1.96. The molecule has 7 rings (SSSR count). The Bertz CT molecular complexity index is 1660. The monoisotopic (exact) mass is 641 g/mol. The number of benzene rings is 6. The largest absolute Gasteiger partial charge is 0.628 e. The highest BCUT2D eigenvalue weighted by Crippen LogP contribution is 2.55. The van der Waals surface area contributed by atoms with E-state index in [9.17, 15) is 0 Å². The summed E-state index contributed by atoms with van der Waals surface area (Å²) in [6.07, 6.45) is 5.55. The van der Waals surface area contributed by atoms with Crippen LogP contribution in [0.15, 0.2) is 201 Å². The fraction of sp³-hybridized carbons (Fsp3) is 0.133. The first-order valence-electron chi connectivity index (χ1n) is 16.8. The molecule has 0 spiro atoms. The van der Waals surface area contributed by atoms with Crippen LogP contribution in [0.25, 0.3) is 5.32 Å². The molecule has 0 aliphatic rings. The molecule has 4 heteroatoms. The van der Waals surface area contributed by atoms with Crippen LogP contribution in [0, 0.1) is 0 Å². The van der Waals surface area contributed by atoms with Gasteiger partial charge in [-0.05, 0) is 18.0 Å². The quantitative estimate of drug-likeness (QED) is 0.118. The van der Waals surface area contributed by atoms with E-state index in [2.05, 4.69) is 182 Å². The van der Waals surface area contributed by atoms with Gasteiger partial charge in [-0.15, -0.1) is 0 Å². The van der Waals surface area contributed by atoms with Crippen molar-refractivity contribution in [3.05, 3.63) is 239 Å². The van der Waals surface area contributed by atoms with Gasteiger partial charge in [-0.25, -0.2) is 9.13 Å². The first-order valence-corrected chi connectivity index (χ1v) is 16.8. The minimum atomic E-state index is -0.800. The molecule has 1 N–H and O–H groups in total. The first kappa shape index (κ1) is 33.4. The summed E-state index contributed by atoms with van der Waals surface area (Å²) in [6, 6.07) is 64.2. The number of rotatable bonds is 10. The fourth-order valence-electron chi connectivity index (χ4n) is 6.63. The highest BCUT2D eigenvalue weighted by molar-refractivity contribution is 5.64. The number of imidazole rings is 1. The Kier molecular flexibility index (Phi) is 10.6. The Morgan fingerprint density at radius 3 is 0.980 bits per heavy atom. The Balaban J connectivity index is 0.000000359. The van der Waals surface area contributed by atoms with Gasteiger partial charge in [-0.1, -0.05) is 215 Å². The minimum Gasteiger partial charge on any atom is -0.628 e. The summed E-state index contributed by atoms with van der Waals surface area (Å²) in [4.78, 5) is 0. The lowest BCUT2D eigenvalue weighted by atomic mass is 9.70. The Morgan fingerprint density at radius 2 is 0.776 bits per heavy atom. The van der Waals surface area contributed by atoms with Crippen LogP contribution in [0.3, 0.4) is 0 Å². The number of aliphatic hydroxyl groups is 1. The average molecular weight is 642 g/mol. The van der Waals surface area contributed by atoms with Crippen molar-refractivity contribution in [2.45, 2.75) is 30.7 Å². The number of hydrogen-bond acceptors (Lipinski definition) is 1. The smallest absolute Gasteiger partial charge is 0.243 e. The van der Waals surface area contributed by atoms with Crippen molar-refractivity contribution in [1.29, 1.82) is 0 Å². The van der Waals surface area contributed by atoms with Crippen LogP contribution in [0.1, 0.15) is 40.3 Å². The zero-order valence-corrected chi connectivity index (χ0v) is 28.1. The molecule has 1 unspecified atom stereocenters. The lowest BCUT2D eigenvalue weighted by Gasteiger charge is -2.60. The van der Waals surface area contributed by atoms with E-state index in [0.29, 0.717) is 6.54 Å². The van der Waals surface area contributed by atoms with Gasteiger partial charge in [0, 0.05) is 0 Å². The molecule has 6 aromatic carbocycles. The summed E-state index contributed by atoms with van der Waals surface area (Å²) in [6.45, 7) is 2.45. The minimum absolute atomic E-state index is 0.271. The second-order valence-electron chi connectivity index (χ2n) is 12.4. The average Bonchev–Trinajstić information content (AvgIpc) is 3.58. The van der Waals surface area contributed by atoms with Crippen LogP contribution in [0.2, 0.25) is 0 Å². The van der Waals surface area contributed by atoms with Gasteiger partial charge in [-0.3, -0.25) is 0 Å². The van der Waals surface area contributed by atoms with E-state index >= 15 is 0 Å². The van der Waals surface area contributed by atoms with Crippen molar-refractivity contribution in [3.8, 4) is 0 Å². The summed E-state index contributed by atoms with van der Waals surface area (Å²) in [5, 5.41) is 15.1. The maximum absolute atomic E-state index is 8.98. The first-order chi connectivity index (χ1) is 24.0. The fourth-order valence-corrected chi connectivity index (χ4v) is 6.63. The van der Waals surface area contributed by atoms with Gasteiger partial charge in [0.1, 0.15) is 18.9 Å². The second-order valence-corrected chi connectivity index (χ2v) is 12.4. The summed E-state index contributed by atoms with van der Waals surface area (Å²) >= 11 is 0. The molecule has 1 aromatic heterocycles.